The number of hydrogen-bond acceptors (Lipinski definition) is 2. The Balaban J connectivity index is 1.79. The highest BCUT2D eigenvalue weighted by molar-refractivity contribution is 6.19. The normalized spacial score (nSPS) is 11.7. The lowest BCUT2D eigenvalue weighted by Crippen LogP contribution is -1.96. The molecule has 0 radical (unpaired) electrons. The lowest BCUT2D eigenvalue weighted by Gasteiger charge is -2.16. The first-order valence-electron chi connectivity index (χ1n) is 11.3. The zero-order chi connectivity index (χ0) is 22.4. The summed E-state index contributed by atoms with van der Waals surface area (Å²) in [6.45, 7) is 8.98. The number of hydrogen-bond donors (Lipinski definition) is 0. The molecule has 0 atom stereocenters. The van der Waals surface area contributed by atoms with Crippen molar-refractivity contribution in [1.82, 2.24) is 4.98 Å². The summed E-state index contributed by atoms with van der Waals surface area (Å²) < 4.78 is 0. The van der Waals surface area contributed by atoms with Gasteiger partial charge < -0.3 is 0 Å². The highest BCUT2D eigenvalue weighted by atomic mass is 14.7. The van der Waals surface area contributed by atoms with Crippen LogP contribution >= 0.6 is 0 Å². The highest BCUT2D eigenvalue weighted by Gasteiger charge is 2.13. The highest BCUT2D eigenvalue weighted by Crippen LogP contribution is 2.36. The van der Waals surface area contributed by atoms with Crippen LogP contribution in [0, 0.1) is 11.3 Å². The van der Waals surface area contributed by atoms with Gasteiger partial charge in [-0.25, -0.2) is 0 Å². The Labute approximate surface area is 189 Å². The molecule has 2 nitrogen and oxygen atoms in total. The van der Waals surface area contributed by atoms with E-state index < -0.39 is 0 Å². The van der Waals surface area contributed by atoms with Crippen LogP contribution in [0.4, 0.5) is 0 Å². The van der Waals surface area contributed by atoms with Crippen LogP contribution < -0.4 is 0 Å². The van der Waals surface area contributed by atoms with Gasteiger partial charge in [-0.15, -0.1) is 0 Å². The van der Waals surface area contributed by atoms with Gasteiger partial charge in [0.25, 0.3) is 0 Å². The van der Waals surface area contributed by atoms with E-state index in [0.717, 1.165) is 11.1 Å². The molecule has 5 aromatic rings. The van der Waals surface area contributed by atoms with Crippen molar-refractivity contribution in [3.63, 3.8) is 0 Å². The maximum absolute atomic E-state index is 9.24. The summed E-state index contributed by atoms with van der Waals surface area (Å²) in [6.07, 6.45) is 1.93. The molecule has 2 heteroatoms. The van der Waals surface area contributed by atoms with Crippen molar-refractivity contribution in [1.29, 1.82) is 5.26 Å². The molecule has 0 saturated carbocycles. The Morgan fingerprint density at radius 1 is 0.656 bits per heavy atom. The number of fused-ring (bicyclic) bond motifs is 5. The average molecular weight is 415 g/mol. The minimum atomic E-state index is 0.466. The zero-order valence-electron chi connectivity index (χ0n) is 19.0. The lowest BCUT2D eigenvalue weighted by molar-refractivity contribution is 0.834. The maximum Gasteiger partial charge on any atom is 0.0991 e. The van der Waals surface area contributed by atoms with Gasteiger partial charge in [0.2, 0.25) is 0 Å². The number of pyridine rings is 1. The van der Waals surface area contributed by atoms with Crippen molar-refractivity contribution in [2.24, 2.45) is 0 Å². The Bertz CT molecular complexity index is 1510. The number of aromatic nitrogens is 1. The molecule has 1 heterocycles. The molecular weight excluding hydrogens is 388 g/mol. The fourth-order valence-corrected chi connectivity index (χ4v) is 4.59. The largest absolute Gasteiger partial charge is 0.256 e. The van der Waals surface area contributed by atoms with Crippen LogP contribution in [0.15, 0.2) is 72.9 Å². The first kappa shape index (κ1) is 20.2. The van der Waals surface area contributed by atoms with Crippen LogP contribution in [0.3, 0.4) is 0 Å². The maximum atomic E-state index is 9.24. The Hall–Kier alpha value is -3.70. The van der Waals surface area contributed by atoms with Crippen molar-refractivity contribution in [3.05, 3.63) is 89.6 Å². The summed E-state index contributed by atoms with van der Waals surface area (Å²) in [5, 5.41) is 16.3. The van der Waals surface area contributed by atoms with Gasteiger partial charge in [-0.05, 0) is 80.2 Å². The molecule has 0 amide bonds. The van der Waals surface area contributed by atoms with Crippen molar-refractivity contribution in [3.8, 4) is 17.3 Å². The second kappa shape index (κ2) is 7.77. The number of benzene rings is 4. The molecule has 156 valence electrons. The fourth-order valence-electron chi connectivity index (χ4n) is 4.59. The van der Waals surface area contributed by atoms with E-state index in [-0.39, 0.29) is 0 Å². The third-order valence-corrected chi connectivity index (χ3v) is 6.47. The van der Waals surface area contributed by atoms with Gasteiger partial charge in [-0.1, -0.05) is 64.1 Å². The molecule has 0 saturated heterocycles. The van der Waals surface area contributed by atoms with Crippen molar-refractivity contribution >= 4 is 32.3 Å². The first-order valence-corrected chi connectivity index (χ1v) is 11.3. The Kier molecular flexibility index (Phi) is 4.91. The molecule has 0 unspecified atom stereocenters. The zero-order valence-corrected chi connectivity index (χ0v) is 19.0. The minimum Gasteiger partial charge on any atom is -0.256 e. The van der Waals surface area contributed by atoms with E-state index in [4.69, 9.17) is 4.98 Å². The molecule has 5 rings (SSSR count). The van der Waals surface area contributed by atoms with E-state index in [1.165, 1.54) is 43.6 Å². The van der Waals surface area contributed by atoms with E-state index in [2.05, 4.69) is 88.4 Å². The second-order valence-electron chi connectivity index (χ2n) is 9.23. The van der Waals surface area contributed by atoms with Gasteiger partial charge in [0.1, 0.15) is 0 Å². The van der Waals surface area contributed by atoms with Gasteiger partial charge in [-0.2, -0.15) is 5.26 Å². The summed E-state index contributed by atoms with van der Waals surface area (Å²) in [5.74, 6) is 0.931. The smallest absolute Gasteiger partial charge is 0.0991 e. The van der Waals surface area contributed by atoms with Crippen LogP contribution in [-0.4, -0.2) is 4.98 Å². The Morgan fingerprint density at radius 3 is 1.94 bits per heavy atom. The summed E-state index contributed by atoms with van der Waals surface area (Å²) in [6, 6.07) is 25.9. The molecule has 1 aromatic heterocycles. The fraction of sp³-hybridized carbons (Fsp3) is 0.200. The standard InChI is InChI=1S/C30H26N2/c1-18(2)22-14-23(19(3)4)16-24(15-22)30-29-10-9-26-25-7-5-20(17-31)13-21(25)6-8-27(26)28(29)11-12-32-30/h5-16,18-19H,1-4H3. The van der Waals surface area contributed by atoms with Crippen LogP contribution in [0.1, 0.15) is 56.2 Å². The van der Waals surface area contributed by atoms with E-state index in [0.29, 0.717) is 17.4 Å². The number of nitrogens with zero attached hydrogens (tertiary/aromatic N) is 2. The van der Waals surface area contributed by atoms with Crippen LogP contribution in [0.5, 0.6) is 0 Å². The molecule has 0 fully saturated rings. The molecule has 0 N–H and O–H groups in total. The molecule has 0 bridgehead atoms. The molecule has 0 spiro atoms. The average Bonchev–Trinajstić information content (AvgIpc) is 2.82. The SMILES string of the molecule is CC(C)c1cc(-c2nccc3c2ccc2c4ccc(C#N)cc4ccc32)cc(C(C)C)c1. The molecule has 0 aliphatic heterocycles. The van der Waals surface area contributed by atoms with Crippen LogP contribution in [0.2, 0.25) is 0 Å². The molecule has 0 aliphatic carbocycles. The molecule has 0 aliphatic rings. The van der Waals surface area contributed by atoms with Crippen molar-refractivity contribution in [2.75, 3.05) is 0 Å². The van der Waals surface area contributed by atoms with Gasteiger partial charge in [0.15, 0.2) is 0 Å². The summed E-state index contributed by atoms with van der Waals surface area (Å²) in [4.78, 5) is 4.83. The molecule has 32 heavy (non-hydrogen) atoms. The Morgan fingerprint density at radius 2 is 1.25 bits per heavy atom. The third kappa shape index (κ3) is 3.31. The molecular formula is C30H26N2. The summed E-state index contributed by atoms with van der Waals surface area (Å²) >= 11 is 0. The number of rotatable bonds is 3. The van der Waals surface area contributed by atoms with E-state index >= 15 is 0 Å². The van der Waals surface area contributed by atoms with Crippen LogP contribution in [0.25, 0.3) is 43.6 Å². The van der Waals surface area contributed by atoms with E-state index in [9.17, 15) is 5.26 Å². The van der Waals surface area contributed by atoms with Gasteiger partial charge in [0, 0.05) is 17.1 Å². The second-order valence-corrected chi connectivity index (χ2v) is 9.23. The van der Waals surface area contributed by atoms with Gasteiger partial charge >= 0.3 is 0 Å². The third-order valence-electron chi connectivity index (χ3n) is 6.47. The lowest BCUT2D eigenvalue weighted by atomic mass is 9.90. The van der Waals surface area contributed by atoms with E-state index in [1.807, 2.05) is 18.3 Å². The summed E-state index contributed by atoms with van der Waals surface area (Å²) in [5.41, 5.74) is 5.61. The quantitative estimate of drug-likeness (QED) is 0.278. The van der Waals surface area contributed by atoms with Gasteiger partial charge in [0.05, 0.1) is 17.3 Å². The minimum absolute atomic E-state index is 0.466. The summed E-state index contributed by atoms with van der Waals surface area (Å²) in [7, 11) is 0. The van der Waals surface area contributed by atoms with Crippen molar-refractivity contribution in [2.45, 2.75) is 39.5 Å². The number of nitriles is 1. The monoisotopic (exact) mass is 414 g/mol. The van der Waals surface area contributed by atoms with Crippen molar-refractivity contribution < 1.29 is 0 Å². The topological polar surface area (TPSA) is 36.7 Å². The molecule has 4 aromatic carbocycles. The predicted octanol–water partition coefficient (Wildman–Crippen LogP) is 8.33. The first-order chi connectivity index (χ1) is 15.5. The predicted molar refractivity (Wildman–Crippen MR) is 135 cm³/mol. The van der Waals surface area contributed by atoms with Crippen LogP contribution in [-0.2, 0) is 0 Å². The van der Waals surface area contributed by atoms with E-state index in [1.54, 1.807) is 0 Å². The van der Waals surface area contributed by atoms with Gasteiger partial charge in [-0.3, -0.25) is 4.98 Å².